The van der Waals surface area contributed by atoms with Crippen LogP contribution in [0.5, 0.6) is 0 Å². The first-order chi connectivity index (χ1) is 6.80. The molecule has 0 aliphatic heterocycles. The molecule has 0 aromatic carbocycles. The minimum Gasteiger partial charge on any atom is -0.351 e. The van der Waals surface area contributed by atoms with E-state index < -0.39 is 23.8 Å². The van der Waals surface area contributed by atoms with Gasteiger partial charge in [-0.25, -0.2) is 14.8 Å². The summed E-state index contributed by atoms with van der Waals surface area (Å²) in [4.78, 5) is 17.0. The van der Waals surface area contributed by atoms with Crippen LogP contribution in [0.3, 0.4) is 0 Å². The number of nitrogens with two attached hydrogens (primary N) is 1. The average molecular weight is 220 g/mol. The van der Waals surface area contributed by atoms with Gasteiger partial charge in [0.05, 0.1) is 0 Å². The number of aromatic nitrogens is 2. The van der Waals surface area contributed by atoms with Crippen molar-refractivity contribution in [1.82, 2.24) is 9.97 Å². The molecule has 3 N–H and O–H groups in total. The van der Waals surface area contributed by atoms with Crippen LogP contribution in [0.25, 0.3) is 0 Å². The Kier molecular flexibility index (Phi) is 2.78. The van der Waals surface area contributed by atoms with Crippen LogP contribution in [0.2, 0.25) is 0 Å². The second kappa shape index (κ2) is 3.71. The molecule has 8 heteroatoms. The summed E-state index contributed by atoms with van der Waals surface area (Å²) in [5, 5.41) is 1.86. The van der Waals surface area contributed by atoms with E-state index in [-0.39, 0.29) is 5.56 Å². The molecule has 0 spiro atoms. The highest BCUT2D eigenvalue weighted by Crippen LogP contribution is 2.30. The summed E-state index contributed by atoms with van der Waals surface area (Å²) >= 11 is 0. The van der Waals surface area contributed by atoms with Gasteiger partial charge in [0.15, 0.2) is 5.69 Å². The third kappa shape index (κ3) is 2.79. The van der Waals surface area contributed by atoms with Gasteiger partial charge in [0.25, 0.3) is 0 Å². The Hall–Kier alpha value is -1.86. The largest absolute Gasteiger partial charge is 0.433 e. The highest BCUT2D eigenvalue weighted by atomic mass is 19.4. The summed E-state index contributed by atoms with van der Waals surface area (Å²) in [5.41, 5.74) is 3.49. The maximum absolute atomic E-state index is 12.3. The molecule has 0 saturated carbocycles. The summed E-state index contributed by atoms with van der Waals surface area (Å²) in [6.45, 7) is 1.22. The van der Waals surface area contributed by atoms with Gasteiger partial charge in [0.1, 0.15) is 0 Å². The van der Waals surface area contributed by atoms with E-state index in [2.05, 4.69) is 9.97 Å². The van der Waals surface area contributed by atoms with Gasteiger partial charge in [-0.2, -0.15) is 13.2 Å². The lowest BCUT2D eigenvalue weighted by Gasteiger charge is -2.09. The topological polar surface area (TPSA) is 80.9 Å². The van der Waals surface area contributed by atoms with Gasteiger partial charge in [0, 0.05) is 6.20 Å². The smallest absolute Gasteiger partial charge is 0.351 e. The highest BCUT2D eigenvalue weighted by molar-refractivity contribution is 5.85. The number of nitrogens with one attached hydrogen (secondary N) is 1. The maximum Gasteiger partial charge on any atom is 0.433 e. The van der Waals surface area contributed by atoms with Crippen LogP contribution >= 0.6 is 0 Å². The molecule has 1 aromatic rings. The van der Waals surface area contributed by atoms with E-state index in [1.165, 1.54) is 6.92 Å². The van der Waals surface area contributed by atoms with E-state index in [0.717, 1.165) is 6.20 Å². The molecule has 0 aliphatic rings. The van der Waals surface area contributed by atoms with E-state index in [4.69, 9.17) is 5.73 Å². The molecular formula is C7H7F3N4O. The van der Waals surface area contributed by atoms with Crippen LogP contribution in [0.15, 0.2) is 6.20 Å². The minimum absolute atomic E-state index is 0.127. The van der Waals surface area contributed by atoms with Crippen LogP contribution < -0.4 is 11.1 Å². The van der Waals surface area contributed by atoms with Crippen molar-refractivity contribution in [3.05, 3.63) is 17.5 Å². The molecule has 0 atom stereocenters. The number of hydrogen-bond acceptors (Lipinski definition) is 3. The zero-order valence-electron chi connectivity index (χ0n) is 7.59. The van der Waals surface area contributed by atoms with E-state index in [1.807, 2.05) is 5.32 Å². The molecule has 0 fully saturated rings. The number of alkyl halides is 3. The number of anilines is 1. The standard InChI is InChI=1S/C7H7F3N4O/c1-3-2-12-6(14-5(11)15)13-4(3)7(8,9)10/h2H,1H3,(H3,11,12,13,14,15). The molecule has 82 valence electrons. The van der Waals surface area contributed by atoms with Crippen LogP contribution in [0.1, 0.15) is 11.3 Å². The molecule has 2 amide bonds. The number of rotatable bonds is 1. The van der Waals surface area contributed by atoms with Gasteiger partial charge < -0.3 is 5.73 Å². The highest BCUT2D eigenvalue weighted by Gasteiger charge is 2.35. The molecule has 0 radical (unpaired) electrons. The Balaban J connectivity index is 3.11. The Labute approximate surface area is 82.5 Å². The second-order valence-electron chi connectivity index (χ2n) is 2.71. The van der Waals surface area contributed by atoms with Crippen molar-refractivity contribution in [1.29, 1.82) is 0 Å². The van der Waals surface area contributed by atoms with E-state index in [1.54, 1.807) is 0 Å². The quantitative estimate of drug-likeness (QED) is 0.748. The van der Waals surface area contributed by atoms with Crippen LogP contribution in [0.4, 0.5) is 23.9 Å². The summed E-state index contributed by atoms with van der Waals surface area (Å²) in [6, 6.07) is -1.02. The van der Waals surface area contributed by atoms with Gasteiger partial charge in [-0.05, 0) is 12.5 Å². The molecular weight excluding hydrogens is 213 g/mol. The summed E-state index contributed by atoms with van der Waals surface area (Å²) in [7, 11) is 0. The van der Waals surface area contributed by atoms with Crippen molar-refractivity contribution in [2.24, 2.45) is 5.73 Å². The zero-order chi connectivity index (χ0) is 11.6. The Morgan fingerprint density at radius 2 is 2.13 bits per heavy atom. The van der Waals surface area contributed by atoms with E-state index in [0.29, 0.717) is 0 Å². The normalized spacial score (nSPS) is 11.2. The van der Waals surface area contributed by atoms with Crippen molar-refractivity contribution in [3.8, 4) is 0 Å². The Morgan fingerprint density at radius 1 is 1.53 bits per heavy atom. The minimum atomic E-state index is -4.58. The number of halogens is 3. The molecule has 0 aliphatic carbocycles. The molecule has 0 saturated heterocycles. The van der Waals surface area contributed by atoms with Crippen LogP contribution in [-0.2, 0) is 6.18 Å². The molecule has 5 nitrogen and oxygen atoms in total. The number of hydrogen-bond donors (Lipinski definition) is 2. The first-order valence-electron chi connectivity index (χ1n) is 3.78. The summed E-state index contributed by atoms with van der Waals surface area (Å²) in [5.74, 6) is -0.472. The number of nitrogens with zero attached hydrogens (tertiary/aromatic N) is 2. The van der Waals surface area contributed by atoms with Gasteiger partial charge >= 0.3 is 12.2 Å². The fraction of sp³-hybridized carbons (Fsp3) is 0.286. The predicted octanol–water partition coefficient (Wildman–Crippen LogP) is 1.29. The Bertz CT molecular complexity index is 390. The summed E-state index contributed by atoms with van der Waals surface area (Å²) < 4.78 is 37.0. The second-order valence-corrected chi connectivity index (χ2v) is 2.71. The van der Waals surface area contributed by atoms with E-state index >= 15 is 0 Å². The number of carbonyl (C=O) groups is 1. The molecule has 1 aromatic heterocycles. The molecule has 15 heavy (non-hydrogen) atoms. The van der Waals surface area contributed by atoms with Crippen molar-refractivity contribution >= 4 is 12.0 Å². The average Bonchev–Trinajstić information content (AvgIpc) is 2.05. The fourth-order valence-corrected chi connectivity index (χ4v) is 0.899. The van der Waals surface area contributed by atoms with Crippen molar-refractivity contribution in [2.45, 2.75) is 13.1 Å². The monoisotopic (exact) mass is 220 g/mol. The number of aryl methyl sites for hydroxylation is 1. The zero-order valence-corrected chi connectivity index (χ0v) is 7.59. The lowest BCUT2D eigenvalue weighted by atomic mass is 10.2. The van der Waals surface area contributed by atoms with E-state index in [9.17, 15) is 18.0 Å². The fourth-order valence-electron chi connectivity index (χ4n) is 0.899. The third-order valence-corrected chi connectivity index (χ3v) is 1.48. The van der Waals surface area contributed by atoms with Crippen molar-refractivity contribution in [3.63, 3.8) is 0 Å². The SMILES string of the molecule is Cc1cnc(NC(N)=O)nc1C(F)(F)F. The number of urea groups is 1. The maximum atomic E-state index is 12.3. The first-order valence-corrected chi connectivity index (χ1v) is 3.78. The van der Waals surface area contributed by atoms with Gasteiger partial charge in [0.2, 0.25) is 5.95 Å². The van der Waals surface area contributed by atoms with Gasteiger partial charge in [-0.15, -0.1) is 0 Å². The van der Waals surface area contributed by atoms with Crippen LogP contribution in [-0.4, -0.2) is 16.0 Å². The van der Waals surface area contributed by atoms with Gasteiger partial charge in [-0.1, -0.05) is 0 Å². The molecule has 1 rings (SSSR count). The third-order valence-electron chi connectivity index (χ3n) is 1.48. The van der Waals surface area contributed by atoms with Crippen molar-refractivity contribution in [2.75, 3.05) is 5.32 Å². The Morgan fingerprint density at radius 3 is 2.60 bits per heavy atom. The molecule has 1 heterocycles. The number of amides is 2. The lowest BCUT2D eigenvalue weighted by molar-refractivity contribution is -0.141. The predicted molar refractivity (Wildman–Crippen MR) is 45.0 cm³/mol. The number of carbonyl (C=O) groups excluding carboxylic acids is 1. The summed E-state index contributed by atoms with van der Waals surface area (Å²) in [6.07, 6.45) is -3.62. The first kappa shape index (κ1) is 11.2. The van der Waals surface area contributed by atoms with Crippen LogP contribution in [0, 0.1) is 6.92 Å². The number of primary amides is 1. The van der Waals surface area contributed by atoms with Crippen molar-refractivity contribution < 1.29 is 18.0 Å². The molecule has 0 bridgehead atoms. The molecule has 0 unspecified atom stereocenters. The lowest BCUT2D eigenvalue weighted by Crippen LogP contribution is -2.22. The van der Waals surface area contributed by atoms with Gasteiger partial charge in [-0.3, -0.25) is 5.32 Å².